The topological polar surface area (TPSA) is 50.9 Å². The maximum Gasteiger partial charge on any atom is 0.149 e. The van der Waals surface area contributed by atoms with Crippen molar-refractivity contribution in [3.05, 3.63) is 192 Å². The lowest BCUT2D eigenvalue weighted by Crippen LogP contribution is -2.13. The van der Waals surface area contributed by atoms with Gasteiger partial charge in [0.2, 0.25) is 0 Å². The van der Waals surface area contributed by atoms with Crippen LogP contribution in [0.2, 0.25) is 0 Å². The third kappa shape index (κ3) is 8.98. The quantitative estimate of drug-likeness (QED) is 0.157. The predicted octanol–water partition coefficient (Wildman–Crippen LogP) is 17.3. The van der Waals surface area contributed by atoms with Crippen molar-refractivity contribution >= 4 is 11.0 Å². The van der Waals surface area contributed by atoms with Gasteiger partial charge in [-0.05, 0) is 134 Å². The van der Waals surface area contributed by atoms with Gasteiger partial charge < -0.3 is 5.11 Å². The summed E-state index contributed by atoms with van der Waals surface area (Å²) in [5.41, 5.74) is 17.8. The zero-order chi connectivity index (χ0) is 49.9. The van der Waals surface area contributed by atoms with Gasteiger partial charge in [0.25, 0.3) is 0 Å². The normalized spacial score (nSPS) is 13.0. The maximum absolute atomic E-state index is 12.5. The van der Waals surface area contributed by atoms with Crippen molar-refractivity contribution in [2.75, 3.05) is 0 Å². The Morgan fingerprint density at radius 3 is 1.85 bits per heavy atom. The number of imidazole rings is 1. The molecule has 0 saturated carbocycles. The molecule has 0 unspecified atom stereocenters. The molecule has 0 spiro atoms. The van der Waals surface area contributed by atoms with Crippen molar-refractivity contribution in [3.8, 4) is 78.6 Å². The van der Waals surface area contributed by atoms with E-state index in [2.05, 4.69) is 195 Å². The lowest BCUT2D eigenvalue weighted by Gasteiger charge is -2.24. The van der Waals surface area contributed by atoms with Crippen LogP contribution in [0.5, 0.6) is 5.75 Å². The molecule has 0 aliphatic rings. The number of rotatable bonds is 9. The molecule has 0 aliphatic heterocycles. The van der Waals surface area contributed by atoms with Gasteiger partial charge in [0.15, 0.2) is 0 Å². The van der Waals surface area contributed by atoms with Crippen LogP contribution in [0.15, 0.2) is 164 Å². The van der Waals surface area contributed by atoms with Crippen LogP contribution in [-0.4, -0.2) is 19.6 Å². The van der Waals surface area contributed by atoms with E-state index in [9.17, 15) is 5.11 Å². The third-order valence-electron chi connectivity index (χ3n) is 13.2. The van der Waals surface area contributed by atoms with Gasteiger partial charge in [-0.2, -0.15) is 0 Å². The van der Waals surface area contributed by atoms with E-state index in [1.807, 2.05) is 30.5 Å². The highest BCUT2D eigenvalue weighted by atomic mass is 16.3. The molecular weight excluding hydrogens is 815 g/mol. The summed E-state index contributed by atoms with van der Waals surface area (Å²) in [7, 11) is 0. The van der Waals surface area contributed by atoms with Crippen molar-refractivity contribution in [1.82, 2.24) is 14.5 Å². The van der Waals surface area contributed by atoms with Crippen molar-refractivity contribution < 1.29 is 9.22 Å². The highest BCUT2D eigenvalue weighted by Gasteiger charge is 2.27. The van der Waals surface area contributed by atoms with Gasteiger partial charge in [-0.25, -0.2) is 4.98 Å². The van der Waals surface area contributed by atoms with Crippen molar-refractivity contribution in [2.24, 2.45) is 0 Å². The fourth-order valence-corrected chi connectivity index (χ4v) is 9.12. The number of hydrogen-bond acceptors (Lipinski definition) is 3. The highest BCUT2D eigenvalue weighted by Crippen LogP contribution is 2.45. The van der Waals surface area contributed by atoms with E-state index in [-0.39, 0.29) is 28.4 Å². The fraction of sp³-hybridized carbons (Fsp3) is 0.238. The largest absolute Gasteiger partial charge is 0.507 e. The first kappa shape index (κ1) is 41.4. The average Bonchev–Trinajstić information content (AvgIpc) is 3.72. The summed E-state index contributed by atoms with van der Waals surface area (Å²) in [6.07, 6.45) is 1.81. The highest BCUT2D eigenvalue weighted by molar-refractivity contribution is 5.98. The van der Waals surface area contributed by atoms with Gasteiger partial charge in [0.1, 0.15) is 11.6 Å². The molecule has 0 radical (unpaired) electrons. The number of hydrogen-bond donors (Lipinski definition) is 1. The van der Waals surface area contributed by atoms with E-state index in [1.165, 1.54) is 11.1 Å². The molecule has 9 aromatic rings. The average molecular weight is 881 g/mol. The van der Waals surface area contributed by atoms with Crippen molar-refractivity contribution in [1.29, 1.82) is 0 Å². The first-order valence-corrected chi connectivity index (χ1v) is 23.6. The van der Waals surface area contributed by atoms with Gasteiger partial charge >= 0.3 is 0 Å². The van der Waals surface area contributed by atoms with E-state index in [0.717, 1.165) is 83.6 Å². The second-order valence-electron chi connectivity index (χ2n) is 20.7. The minimum Gasteiger partial charge on any atom is -0.507 e. The lowest BCUT2D eigenvalue weighted by molar-refractivity contribution is 0.466. The zero-order valence-electron chi connectivity index (χ0n) is 43.5. The molecule has 67 heavy (non-hydrogen) atoms. The van der Waals surface area contributed by atoms with E-state index >= 15 is 0 Å². The molecule has 0 bridgehead atoms. The molecule has 7 aromatic carbocycles. The molecule has 0 saturated heterocycles. The summed E-state index contributed by atoms with van der Waals surface area (Å²) in [6, 6.07) is 54.6. The van der Waals surface area contributed by atoms with E-state index in [4.69, 9.17) is 14.1 Å². The molecule has 1 N–H and O–H groups in total. The molecular formula is C63H63N3O. The molecule has 0 atom stereocenters. The minimum atomic E-state index is -2.18. The minimum absolute atomic E-state index is 0.000412. The summed E-state index contributed by atoms with van der Waals surface area (Å²) in [5.74, 6) is 1.20. The smallest absolute Gasteiger partial charge is 0.149 e. The number of aryl methyl sites for hydroxylation is 1. The molecule has 0 aliphatic carbocycles. The maximum atomic E-state index is 12.5. The number of phenols is 1. The second kappa shape index (κ2) is 17.6. The van der Waals surface area contributed by atoms with Crippen LogP contribution in [0.3, 0.4) is 0 Å². The lowest BCUT2D eigenvalue weighted by atomic mass is 9.84. The number of nitrogens with zero attached hydrogens (tertiary/aromatic N) is 3. The summed E-state index contributed by atoms with van der Waals surface area (Å²) >= 11 is 0. The monoisotopic (exact) mass is 881 g/mol. The Labute approximate surface area is 402 Å². The summed E-state index contributed by atoms with van der Waals surface area (Å²) < 4.78 is 26.0. The van der Waals surface area contributed by atoms with Crippen LogP contribution in [0.25, 0.3) is 83.9 Å². The standard InChI is InChI=1S/C63H63N3O/c1-39(2)46-35-54(40(3)4)60(67)55(36-46)61-65-59-53(18-15-19-57(59)66(61)58-38-51(63(9,10)11)28-29-52(58)44-24-26-50(27-25-44)62(6,7)8)48-32-47(42-16-13-12-14-17-42)33-49(34-48)56-37-45(30-31-64-56)43-22-20-41(5)21-23-43/h12-40,67H,1-11H3/i5D3. The Kier molecular flexibility index (Phi) is 10.9. The molecule has 2 aromatic heterocycles. The zero-order valence-corrected chi connectivity index (χ0v) is 40.5. The van der Waals surface area contributed by atoms with E-state index in [1.54, 1.807) is 12.1 Å². The van der Waals surface area contributed by atoms with Crippen LogP contribution in [0.4, 0.5) is 0 Å². The van der Waals surface area contributed by atoms with Crippen LogP contribution in [0.1, 0.15) is 113 Å². The number of aromatic hydroxyl groups is 1. The number of phenolic OH excluding ortho intramolecular Hbond substituents is 1. The summed E-state index contributed by atoms with van der Waals surface area (Å²) in [4.78, 5) is 10.6. The van der Waals surface area contributed by atoms with E-state index in [0.29, 0.717) is 17.0 Å². The number of pyridine rings is 1. The number of benzene rings is 7. The van der Waals surface area contributed by atoms with Gasteiger partial charge in [-0.1, -0.05) is 184 Å². The first-order chi connectivity index (χ1) is 33.2. The second-order valence-corrected chi connectivity index (χ2v) is 20.7. The molecule has 4 heteroatoms. The molecule has 0 fully saturated rings. The Hall–Kier alpha value is -7.04. The van der Waals surface area contributed by atoms with Crippen molar-refractivity contribution in [2.45, 2.75) is 98.8 Å². The van der Waals surface area contributed by atoms with E-state index < -0.39 is 6.85 Å². The Bertz CT molecular complexity index is 3370. The fourth-order valence-electron chi connectivity index (χ4n) is 9.12. The van der Waals surface area contributed by atoms with Crippen molar-refractivity contribution in [3.63, 3.8) is 0 Å². The number of para-hydroxylation sites is 1. The Morgan fingerprint density at radius 2 is 1.18 bits per heavy atom. The van der Waals surface area contributed by atoms with Gasteiger partial charge in [-0.3, -0.25) is 9.55 Å². The SMILES string of the molecule is [2H]C([2H])([2H])c1ccc(-c2ccnc(-c3cc(-c4ccccc4)cc(-c4cccc5c4nc(-c4cc(C(C)C)cc(C(C)C)c4O)n5-c4cc(C(C)(C)C)ccc4-c4ccc(C(C)(C)C)cc4)c3)c2)cc1. The van der Waals surface area contributed by atoms with Crippen LogP contribution in [0, 0.1) is 6.85 Å². The van der Waals surface area contributed by atoms with Crippen LogP contribution < -0.4 is 0 Å². The summed E-state index contributed by atoms with van der Waals surface area (Å²) in [5, 5.41) is 12.5. The molecule has 0 amide bonds. The number of aromatic nitrogens is 3. The number of fused-ring (bicyclic) bond motifs is 1. The summed E-state index contributed by atoms with van der Waals surface area (Å²) in [6.45, 7) is 20.0. The molecule has 4 nitrogen and oxygen atoms in total. The van der Waals surface area contributed by atoms with Crippen LogP contribution in [-0.2, 0) is 10.8 Å². The van der Waals surface area contributed by atoms with Crippen LogP contribution >= 0.6 is 0 Å². The Morgan fingerprint density at radius 1 is 0.522 bits per heavy atom. The molecule has 336 valence electrons. The predicted molar refractivity (Wildman–Crippen MR) is 283 cm³/mol. The molecule has 9 rings (SSSR count). The van der Waals surface area contributed by atoms with Gasteiger partial charge in [0, 0.05) is 27.0 Å². The third-order valence-corrected chi connectivity index (χ3v) is 13.2. The first-order valence-electron chi connectivity index (χ1n) is 25.1. The van der Waals surface area contributed by atoms with Gasteiger partial charge in [0.05, 0.1) is 28.0 Å². The Balaban J connectivity index is 1.33. The molecule has 2 heterocycles. The van der Waals surface area contributed by atoms with Gasteiger partial charge in [-0.15, -0.1) is 0 Å².